The number of pyridine rings is 1. The fourth-order valence-electron chi connectivity index (χ4n) is 1.89. The topological polar surface area (TPSA) is 35.1 Å². The quantitative estimate of drug-likeness (QED) is 0.726. The van der Waals surface area contributed by atoms with Gasteiger partial charge in [-0.2, -0.15) is 10.2 Å². The summed E-state index contributed by atoms with van der Waals surface area (Å²) >= 11 is 3.47. The van der Waals surface area contributed by atoms with E-state index in [0.717, 1.165) is 21.1 Å². The van der Waals surface area contributed by atoms with Crippen molar-refractivity contribution in [3.05, 3.63) is 41.4 Å². The summed E-state index contributed by atoms with van der Waals surface area (Å²) in [6, 6.07) is 4.52. The first-order valence-electron chi connectivity index (χ1n) is 5.82. The molecule has 0 aliphatic rings. The highest BCUT2D eigenvalue weighted by molar-refractivity contribution is 9.10. The van der Waals surface area contributed by atoms with Crippen LogP contribution >= 0.6 is 15.9 Å². The molecule has 0 radical (unpaired) electrons. The number of aromatic nitrogens is 4. The maximum atomic E-state index is 4.36. The lowest BCUT2D eigenvalue weighted by Crippen LogP contribution is -1.99. The Morgan fingerprint density at radius 2 is 1.89 bits per heavy atom. The molecule has 0 N–H and O–H groups in total. The Morgan fingerprint density at radius 3 is 2.61 bits per heavy atom. The minimum atomic E-state index is 0.376. The Balaban J connectivity index is 2.07. The zero-order valence-corrected chi connectivity index (χ0v) is 11.8. The van der Waals surface area contributed by atoms with E-state index in [1.165, 1.54) is 0 Å². The molecule has 3 heterocycles. The SMILES string of the molecule is CC(C)n1cc(-c2ccc3c(Br)cnn3c2)cn1. The van der Waals surface area contributed by atoms with Gasteiger partial charge in [0.05, 0.1) is 22.4 Å². The first-order valence-corrected chi connectivity index (χ1v) is 6.62. The van der Waals surface area contributed by atoms with Gasteiger partial charge in [0.2, 0.25) is 0 Å². The third kappa shape index (κ3) is 1.84. The molecule has 0 saturated heterocycles. The molecule has 3 aromatic rings. The van der Waals surface area contributed by atoms with E-state index in [4.69, 9.17) is 0 Å². The van der Waals surface area contributed by atoms with Crippen LogP contribution in [-0.2, 0) is 0 Å². The third-order valence-corrected chi connectivity index (χ3v) is 3.54. The number of rotatable bonds is 2. The predicted octanol–water partition coefficient (Wildman–Crippen LogP) is 3.54. The highest BCUT2D eigenvalue weighted by atomic mass is 79.9. The van der Waals surface area contributed by atoms with Gasteiger partial charge < -0.3 is 0 Å². The Hall–Kier alpha value is -1.62. The Bertz CT molecular complexity index is 696. The monoisotopic (exact) mass is 304 g/mol. The van der Waals surface area contributed by atoms with Gasteiger partial charge in [-0.25, -0.2) is 4.52 Å². The van der Waals surface area contributed by atoms with Gasteiger partial charge in [-0.15, -0.1) is 0 Å². The average molecular weight is 305 g/mol. The lowest BCUT2D eigenvalue weighted by Gasteiger charge is -2.03. The van der Waals surface area contributed by atoms with Crippen LogP contribution in [0.2, 0.25) is 0 Å². The molecule has 0 aliphatic carbocycles. The molecule has 3 rings (SSSR count). The van der Waals surface area contributed by atoms with E-state index < -0.39 is 0 Å². The van der Waals surface area contributed by atoms with Crippen LogP contribution in [0.4, 0.5) is 0 Å². The normalized spacial score (nSPS) is 11.6. The maximum absolute atomic E-state index is 4.36. The van der Waals surface area contributed by atoms with E-state index in [2.05, 4.69) is 58.3 Å². The molecule has 0 spiro atoms. The molecule has 92 valence electrons. The van der Waals surface area contributed by atoms with Crippen LogP contribution in [0.25, 0.3) is 16.6 Å². The summed E-state index contributed by atoms with van der Waals surface area (Å²) in [6.07, 6.45) is 7.77. The second-order valence-electron chi connectivity index (χ2n) is 4.54. The molecule has 0 amide bonds. The molecule has 0 saturated carbocycles. The second-order valence-corrected chi connectivity index (χ2v) is 5.40. The lowest BCUT2D eigenvalue weighted by atomic mass is 10.1. The van der Waals surface area contributed by atoms with Crippen molar-refractivity contribution in [2.75, 3.05) is 0 Å². The molecule has 0 bridgehead atoms. The molecule has 0 fully saturated rings. The number of hydrogen-bond donors (Lipinski definition) is 0. The van der Waals surface area contributed by atoms with Crippen LogP contribution in [0, 0.1) is 0 Å². The van der Waals surface area contributed by atoms with Gasteiger partial charge in [0.25, 0.3) is 0 Å². The average Bonchev–Trinajstić information content (AvgIpc) is 2.96. The fraction of sp³-hybridized carbons (Fsp3) is 0.231. The van der Waals surface area contributed by atoms with Crippen molar-refractivity contribution in [1.29, 1.82) is 0 Å². The minimum Gasteiger partial charge on any atom is -0.270 e. The summed E-state index contributed by atoms with van der Waals surface area (Å²) in [5, 5.41) is 8.64. The van der Waals surface area contributed by atoms with E-state index in [1.54, 1.807) is 6.20 Å². The summed E-state index contributed by atoms with van der Waals surface area (Å²) in [7, 11) is 0. The highest BCUT2D eigenvalue weighted by Crippen LogP contribution is 2.23. The van der Waals surface area contributed by atoms with Crippen LogP contribution < -0.4 is 0 Å². The molecule has 0 aromatic carbocycles. The molecular formula is C13H13BrN4. The summed E-state index contributed by atoms with van der Waals surface area (Å²) in [4.78, 5) is 0. The first kappa shape index (κ1) is 11.5. The summed E-state index contributed by atoms with van der Waals surface area (Å²) in [5.74, 6) is 0. The van der Waals surface area contributed by atoms with Crippen molar-refractivity contribution in [2.45, 2.75) is 19.9 Å². The van der Waals surface area contributed by atoms with Crippen molar-refractivity contribution in [1.82, 2.24) is 19.4 Å². The molecular weight excluding hydrogens is 292 g/mol. The van der Waals surface area contributed by atoms with E-state index in [9.17, 15) is 0 Å². The zero-order chi connectivity index (χ0) is 12.7. The van der Waals surface area contributed by atoms with Gasteiger partial charge >= 0.3 is 0 Å². The fourth-order valence-corrected chi connectivity index (χ4v) is 2.30. The first-order chi connectivity index (χ1) is 8.65. The van der Waals surface area contributed by atoms with Crippen LogP contribution in [0.1, 0.15) is 19.9 Å². The molecule has 0 atom stereocenters. The third-order valence-electron chi connectivity index (χ3n) is 2.93. The number of fused-ring (bicyclic) bond motifs is 1. The molecule has 3 aromatic heterocycles. The highest BCUT2D eigenvalue weighted by Gasteiger charge is 2.06. The van der Waals surface area contributed by atoms with Crippen molar-refractivity contribution < 1.29 is 0 Å². The zero-order valence-electron chi connectivity index (χ0n) is 10.2. The standard InChI is InChI=1S/C13H13BrN4/c1-9(2)17-8-11(5-15-17)10-3-4-13-12(14)6-16-18(13)7-10/h3-9H,1-2H3. The Morgan fingerprint density at radius 1 is 1.06 bits per heavy atom. The summed E-state index contributed by atoms with van der Waals surface area (Å²) < 4.78 is 4.83. The van der Waals surface area contributed by atoms with Crippen LogP contribution in [-0.4, -0.2) is 19.4 Å². The number of nitrogens with zero attached hydrogens (tertiary/aromatic N) is 4. The minimum absolute atomic E-state index is 0.376. The van der Waals surface area contributed by atoms with Gasteiger partial charge in [-0.1, -0.05) is 6.07 Å². The van der Waals surface area contributed by atoms with Gasteiger partial charge in [0.15, 0.2) is 0 Å². The van der Waals surface area contributed by atoms with Crippen molar-refractivity contribution in [3.63, 3.8) is 0 Å². The van der Waals surface area contributed by atoms with Crippen molar-refractivity contribution >= 4 is 21.4 Å². The molecule has 5 heteroatoms. The largest absolute Gasteiger partial charge is 0.270 e. The Kier molecular flexibility index (Phi) is 2.70. The molecule has 0 aliphatic heterocycles. The van der Waals surface area contributed by atoms with E-state index >= 15 is 0 Å². The molecule has 0 unspecified atom stereocenters. The summed E-state index contributed by atoms with van der Waals surface area (Å²) in [5.41, 5.74) is 3.29. The molecule has 4 nitrogen and oxygen atoms in total. The molecule has 18 heavy (non-hydrogen) atoms. The number of halogens is 1. The van der Waals surface area contributed by atoms with Crippen LogP contribution in [0.15, 0.2) is 41.4 Å². The van der Waals surface area contributed by atoms with Crippen LogP contribution in [0.3, 0.4) is 0 Å². The Labute approximate surface area is 113 Å². The van der Waals surface area contributed by atoms with Gasteiger partial charge in [-0.3, -0.25) is 4.68 Å². The van der Waals surface area contributed by atoms with Crippen molar-refractivity contribution in [2.24, 2.45) is 0 Å². The number of hydrogen-bond acceptors (Lipinski definition) is 2. The lowest BCUT2D eigenvalue weighted by molar-refractivity contribution is 0.532. The maximum Gasteiger partial charge on any atom is 0.0804 e. The van der Waals surface area contributed by atoms with E-state index in [1.807, 2.05) is 21.6 Å². The summed E-state index contributed by atoms with van der Waals surface area (Å²) in [6.45, 7) is 4.23. The smallest absolute Gasteiger partial charge is 0.0804 e. The van der Waals surface area contributed by atoms with Gasteiger partial charge in [0, 0.05) is 29.6 Å². The van der Waals surface area contributed by atoms with Gasteiger partial charge in [-0.05, 0) is 35.8 Å². The van der Waals surface area contributed by atoms with Crippen LogP contribution in [0.5, 0.6) is 0 Å². The second kappa shape index (κ2) is 4.24. The van der Waals surface area contributed by atoms with E-state index in [0.29, 0.717) is 6.04 Å². The predicted molar refractivity (Wildman–Crippen MR) is 74.5 cm³/mol. The van der Waals surface area contributed by atoms with Crippen molar-refractivity contribution in [3.8, 4) is 11.1 Å². The van der Waals surface area contributed by atoms with Gasteiger partial charge in [0.1, 0.15) is 0 Å². The van der Waals surface area contributed by atoms with E-state index in [-0.39, 0.29) is 0 Å².